The number of ether oxygens (including phenoxy) is 7. The van der Waals surface area contributed by atoms with E-state index in [1.165, 1.54) is 0 Å². The maximum Gasteiger partial charge on any atom is 0.351 e. The lowest BCUT2D eigenvalue weighted by atomic mass is 9.95. The molecule has 0 radical (unpaired) electrons. The molecule has 308 valence electrons. The van der Waals surface area contributed by atoms with Gasteiger partial charge in [0, 0.05) is 6.92 Å². The standard InChI is InChI=1S/C20H34O8.C18H32O7/c1-5-8-11-25-17(22)14-20(28-16(4)21,19(24)27-13-10-7-3)15-18(23)26-12-9-6-2;1-4-7-10-23-15(19)13-18(22,17(21)25-12-9-6-3)14-16(20)24-11-8-5-2/h5-15H2,1-4H3;22H,4-14H2,1-3H3. The molecule has 15 nitrogen and oxygen atoms in total. The summed E-state index contributed by atoms with van der Waals surface area (Å²) >= 11 is 0. The van der Waals surface area contributed by atoms with Crippen LogP contribution >= 0.6 is 0 Å². The highest BCUT2D eigenvalue weighted by Gasteiger charge is 2.49. The molecule has 1 N–H and O–H groups in total. The van der Waals surface area contributed by atoms with Crippen LogP contribution in [0.2, 0.25) is 0 Å². The predicted octanol–water partition coefficient (Wildman–Crippen LogP) is 5.63. The number of carbonyl (C=O) groups is 7. The molecule has 0 aliphatic carbocycles. The Morgan fingerprint density at radius 1 is 0.415 bits per heavy atom. The Balaban J connectivity index is 0. The number of esters is 7. The first-order valence-corrected chi connectivity index (χ1v) is 19.1. The first kappa shape index (κ1) is 51.4. The maximum absolute atomic E-state index is 12.7. The van der Waals surface area contributed by atoms with Crippen molar-refractivity contribution in [1.82, 2.24) is 0 Å². The van der Waals surface area contributed by atoms with E-state index < -0.39 is 78.7 Å². The van der Waals surface area contributed by atoms with E-state index in [1.807, 2.05) is 41.5 Å². The van der Waals surface area contributed by atoms with Gasteiger partial charge in [0.25, 0.3) is 0 Å². The molecule has 0 aromatic heterocycles. The fourth-order valence-electron chi connectivity index (χ4n) is 4.16. The van der Waals surface area contributed by atoms with Crippen LogP contribution in [0.25, 0.3) is 0 Å². The van der Waals surface area contributed by atoms with Crippen LogP contribution in [0.1, 0.15) is 151 Å². The molecular weight excluding hydrogens is 696 g/mol. The van der Waals surface area contributed by atoms with Gasteiger partial charge in [-0.2, -0.15) is 0 Å². The average Bonchev–Trinajstić information content (AvgIpc) is 3.08. The minimum Gasteiger partial charge on any atom is -0.466 e. The van der Waals surface area contributed by atoms with Crippen LogP contribution in [-0.2, 0) is 66.7 Å². The summed E-state index contributed by atoms with van der Waals surface area (Å²) < 4.78 is 35.5. The molecule has 0 aliphatic rings. The lowest BCUT2D eigenvalue weighted by molar-refractivity contribution is -0.190. The number of hydrogen-bond acceptors (Lipinski definition) is 15. The summed E-state index contributed by atoms with van der Waals surface area (Å²) in [6, 6.07) is 0. The Hall–Kier alpha value is -3.75. The van der Waals surface area contributed by atoms with E-state index in [2.05, 4.69) is 0 Å². The second kappa shape index (κ2) is 31.7. The van der Waals surface area contributed by atoms with Crippen molar-refractivity contribution < 1.29 is 71.8 Å². The molecule has 0 aromatic carbocycles. The maximum atomic E-state index is 12.7. The summed E-state index contributed by atoms with van der Waals surface area (Å²) in [5.74, 6) is -5.74. The number of carbonyl (C=O) groups excluding carboxylic acids is 7. The first-order chi connectivity index (χ1) is 25.2. The van der Waals surface area contributed by atoms with Crippen molar-refractivity contribution >= 4 is 41.8 Å². The molecule has 0 aromatic rings. The van der Waals surface area contributed by atoms with Gasteiger partial charge < -0.3 is 38.3 Å². The van der Waals surface area contributed by atoms with Crippen molar-refractivity contribution in [3.8, 4) is 0 Å². The summed E-state index contributed by atoms with van der Waals surface area (Å²) in [6.07, 6.45) is 6.37. The van der Waals surface area contributed by atoms with Crippen LogP contribution in [0.3, 0.4) is 0 Å². The van der Waals surface area contributed by atoms with Crippen LogP contribution in [-0.4, -0.2) is 97.7 Å². The quantitative estimate of drug-likeness (QED) is 0.0557. The third kappa shape index (κ3) is 25.8. The van der Waals surface area contributed by atoms with E-state index in [-0.39, 0.29) is 39.6 Å². The van der Waals surface area contributed by atoms with E-state index in [0.29, 0.717) is 38.5 Å². The fourth-order valence-corrected chi connectivity index (χ4v) is 4.16. The molecule has 0 spiro atoms. The Kier molecular flexibility index (Phi) is 30.8. The molecule has 0 heterocycles. The Labute approximate surface area is 315 Å². The molecular formula is C38H66O15. The Morgan fingerprint density at radius 2 is 0.679 bits per heavy atom. The minimum absolute atomic E-state index is 0.0914. The van der Waals surface area contributed by atoms with Gasteiger partial charge in [-0.15, -0.1) is 0 Å². The number of aliphatic hydroxyl groups is 1. The molecule has 0 saturated carbocycles. The molecule has 53 heavy (non-hydrogen) atoms. The van der Waals surface area contributed by atoms with Crippen molar-refractivity contribution in [3.05, 3.63) is 0 Å². The Bertz CT molecular complexity index is 1020. The van der Waals surface area contributed by atoms with E-state index in [1.54, 1.807) is 0 Å². The molecule has 0 atom stereocenters. The van der Waals surface area contributed by atoms with Crippen LogP contribution in [0.5, 0.6) is 0 Å². The first-order valence-electron chi connectivity index (χ1n) is 19.1. The number of rotatable bonds is 29. The largest absolute Gasteiger partial charge is 0.466 e. The van der Waals surface area contributed by atoms with Gasteiger partial charge in [0.2, 0.25) is 5.60 Å². The van der Waals surface area contributed by atoms with Gasteiger partial charge in [-0.25, -0.2) is 9.59 Å². The monoisotopic (exact) mass is 762 g/mol. The Morgan fingerprint density at radius 3 is 0.962 bits per heavy atom. The topological polar surface area (TPSA) is 204 Å². The zero-order chi connectivity index (χ0) is 40.5. The van der Waals surface area contributed by atoms with Crippen LogP contribution in [0.15, 0.2) is 0 Å². The summed E-state index contributed by atoms with van der Waals surface area (Å²) in [4.78, 5) is 84.7. The van der Waals surface area contributed by atoms with Gasteiger partial charge in [0.15, 0.2) is 5.60 Å². The van der Waals surface area contributed by atoms with Gasteiger partial charge in [-0.05, 0) is 38.5 Å². The molecule has 0 aliphatic heterocycles. The predicted molar refractivity (Wildman–Crippen MR) is 193 cm³/mol. The molecule has 0 rings (SSSR count). The van der Waals surface area contributed by atoms with Crippen molar-refractivity contribution in [2.45, 2.75) is 162 Å². The van der Waals surface area contributed by atoms with Crippen molar-refractivity contribution in [2.24, 2.45) is 0 Å². The normalized spacial score (nSPS) is 10.9. The highest BCUT2D eigenvalue weighted by atomic mass is 16.6. The van der Waals surface area contributed by atoms with Crippen LogP contribution in [0.4, 0.5) is 0 Å². The summed E-state index contributed by atoms with van der Waals surface area (Å²) in [5.41, 5.74) is -4.35. The molecule has 0 bridgehead atoms. The third-order valence-corrected chi connectivity index (χ3v) is 7.33. The highest BCUT2D eigenvalue weighted by molar-refractivity contribution is 5.92. The zero-order valence-electron chi connectivity index (χ0n) is 33.2. The number of hydrogen-bond donors (Lipinski definition) is 1. The van der Waals surface area contributed by atoms with Crippen molar-refractivity contribution in [2.75, 3.05) is 39.6 Å². The third-order valence-electron chi connectivity index (χ3n) is 7.33. The summed E-state index contributed by atoms with van der Waals surface area (Å²) in [6.45, 7) is 13.7. The second-order valence-corrected chi connectivity index (χ2v) is 12.6. The van der Waals surface area contributed by atoms with E-state index in [4.69, 9.17) is 33.2 Å². The van der Waals surface area contributed by atoms with Gasteiger partial charge in [-0.1, -0.05) is 80.1 Å². The molecule has 15 heteroatoms. The van der Waals surface area contributed by atoms with Gasteiger partial charge in [0.1, 0.15) is 0 Å². The van der Waals surface area contributed by atoms with Gasteiger partial charge in [-0.3, -0.25) is 24.0 Å². The number of unbranched alkanes of at least 4 members (excludes halogenated alkanes) is 6. The average molecular weight is 763 g/mol. The lowest BCUT2D eigenvalue weighted by Gasteiger charge is -2.29. The fraction of sp³-hybridized carbons (Fsp3) is 0.816. The smallest absolute Gasteiger partial charge is 0.351 e. The minimum atomic E-state index is -2.26. The van der Waals surface area contributed by atoms with Gasteiger partial charge >= 0.3 is 41.8 Å². The van der Waals surface area contributed by atoms with Crippen LogP contribution < -0.4 is 0 Å². The summed E-state index contributed by atoms with van der Waals surface area (Å²) in [5, 5.41) is 10.6. The van der Waals surface area contributed by atoms with Gasteiger partial charge in [0.05, 0.1) is 65.3 Å². The highest BCUT2D eigenvalue weighted by Crippen LogP contribution is 2.26. The van der Waals surface area contributed by atoms with E-state index in [9.17, 15) is 38.7 Å². The van der Waals surface area contributed by atoms with E-state index >= 15 is 0 Å². The lowest BCUT2D eigenvalue weighted by Crippen LogP contribution is -2.48. The van der Waals surface area contributed by atoms with Crippen LogP contribution in [0, 0.1) is 0 Å². The van der Waals surface area contributed by atoms with Crippen molar-refractivity contribution in [3.63, 3.8) is 0 Å². The molecule has 0 saturated heterocycles. The van der Waals surface area contributed by atoms with Crippen molar-refractivity contribution in [1.29, 1.82) is 0 Å². The van der Waals surface area contributed by atoms with E-state index in [0.717, 1.165) is 45.4 Å². The molecule has 0 amide bonds. The second-order valence-electron chi connectivity index (χ2n) is 12.6. The molecule has 0 fully saturated rings. The summed E-state index contributed by atoms with van der Waals surface area (Å²) in [7, 11) is 0. The molecule has 0 unspecified atom stereocenters. The zero-order valence-corrected chi connectivity index (χ0v) is 33.2. The SMILES string of the molecule is CCCCOC(=O)CC(CC(=O)OCCCC)(OC(C)=O)C(=O)OCCCC.CCCCOC(=O)CC(O)(CC(=O)OCCCC)C(=O)OCCCC.